The Labute approximate surface area is 145 Å². The van der Waals surface area contributed by atoms with E-state index in [9.17, 15) is 14.7 Å². The normalized spacial score (nSPS) is 13.3. The van der Waals surface area contributed by atoms with E-state index in [-0.39, 0.29) is 5.92 Å². The van der Waals surface area contributed by atoms with Gasteiger partial charge in [-0.3, -0.25) is 9.48 Å². The van der Waals surface area contributed by atoms with E-state index in [1.165, 1.54) is 6.20 Å². The fourth-order valence-electron chi connectivity index (χ4n) is 2.28. The molecule has 7 heteroatoms. The molecule has 6 nitrogen and oxygen atoms in total. The molecule has 2 aromatic rings. The molecule has 0 radical (unpaired) electrons. The van der Waals surface area contributed by atoms with Gasteiger partial charge in [0.1, 0.15) is 6.04 Å². The van der Waals surface area contributed by atoms with Crippen LogP contribution in [0.2, 0.25) is 5.02 Å². The summed E-state index contributed by atoms with van der Waals surface area (Å²) in [5.74, 6) is -1.65. The summed E-state index contributed by atoms with van der Waals surface area (Å²) >= 11 is 6.11. The lowest BCUT2D eigenvalue weighted by atomic mass is 9.99. The summed E-state index contributed by atoms with van der Waals surface area (Å²) in [6, 6.07) is 6.47. The number of carboxylic acids is 1. The van der Waals surface area contributed by atoms with Gasteiger partial charge in [-0.1, -0.05) is 50.1 Å². The summed E-state index contributed by atoms with van der Waals surface area (Å²) in [4.78, 5) is 23.6. The molecule has 0 fully saturated rings. The topological polar surface area (TPSA) is 84.2 Å². The number of carbonyl (C=O) groups excluding carboxylic acids is 1. The monoisotopic (exact) mass is 349 g/mol. The average Bonchev–Trinajstić information content (AvgIpc) is 3.02. The highest BCUT2D eigenvalue weighted by Crippen LogP contribution is 2.16. The van der Waals surface area contributed by atoms with Crippen molar-refractivity contribution in [2.24, 2.45) is 5.92 Å². The van der Waals surface area contributed by atoms with Crippen molar-refractivity contribution >= 4 is 23.5 Å². The highest BCUT2D eigenvalue weighted by atomic mass is 35.5. The molecule has 0 spiro atoms. The maximum Gasteiger partial charge on any atom is 0.326 e. The Hall–Kier alpha value is -2.34. The molecule has 2 rings (SSSR count). The number of halogens is 1. The fraction of sp³-hybridized carbons (Fsp3) is 0.353. The van der Waals surface area contributed by atoms with Gasteiger partial charge >= 0.3 is 5.97 Å². The second kappa shape index (κ2) is 7.97. The van der Waals surface area contributed by atoms with Crippen LogP contribution >= 0.6 is 11.6 Å². The zero-order valence-electron chi connectivity index (χ0n) is 13.6. The first kappa shape index (κ1) is 18.0. The molecular weight excluding hydrogens is 330 g/mol. The van der Waals surface area contributed by atoms with Crippen LogP contribution in [0.1, 0.15) is 36.2 Å². The minimum atomic E-state index is -1.04. The largest absolute Gasteiger partial charge is 0.480 e. The number of nitrogens with zero attached hydrogens (tertiary/aromatic N) is 2. The van der Waals surface area contributed by atoms with E-state index in [4.69, 9.17) is 11.6 Å². The number of benzene rings is 1. The van der Waals surface area contributed by atoms with Crippen LogP contribution < -0.4 is 5.32 Å². The van der Waals surface area contributed by atoms with Crippen molar-refractivity contribution in [3.8, 4) is 0 Å². The van der Waals surface area contributed by atoms with E-state index in [1.807, 2.05) is 25.1 Å². The molecule has 1 aromatic carbocycles. The molecule has 0 aliphatic heterocycles. The zero-order valence-corrected chi connectivity index (χ0v) is 14.3. The fourth-order valence-corrected chi connectivity index (χ4v) is 2.47. The maximum atomic E-state index is 12.3. The van der Waals surface area contributed by atoms with E-state index in [2.05, 4.69) is 10.4 Å². The van der Waals surface area contributed by atoms with Gasteiger partial charge < -0.3 is 10.4 Å². The minimum absolute atomic E-state index is 0.162. The predicted octanol–water partition coefficient (Wildman–Crippen LogP) is 2.81. The molecule has 0 saturated heterocycles. The molecule has 2 N–H and O–H groups in total. The van der Waals surface area contributed by atoms with Crippen LogP contribution in [-0.2, 0) is 11.3 Å². The Morgan fingerprint density at radius 2 is 2.08 bits per heavy atom. The van der Waals surface area contributed by atoms with Crippen LogP contribution in [0.4, 0.5) is 0 Å². The summed E-state index contributed by atoms with van der Waals surface area (Å²) < 4.78 is 1.59. The van der Waals surface area contributed by atoms with Crippen LogP contribution in [0.25, 0.3) is 0 Å². The Balaban J connectivity index is 2.08. The lowest BCUT2D eigenvalue weighted by Gasteiger charge is -2.19. The minimum Gasteiger partial charge on any atom is -0.480 e. The van der Waals surface area contributed by atoms with E-state index in [1.54, 1.807) is 23.9 Å². The standard InChI is InChI=1S/C17H20ClN3O3/c1-3-11(2)15(17(23)24)20-16(22)13-8-19-21(10-13)9-12-6-4-5-7-14(12)18/h4-8,10-11,15H,3,9H2,1-2H3,(H,20,22)(H,23,24). The van der Waals surface area contributed by atoms with Crippen molar-refractivity contribution in [1.82, 2.24) is 15.1 Å². The summed E-state index contributed by atoms with van der Waals surface area (Å²) in [5.41, 5.74) is 1.20. The van der Waals surface area contributed by atoms with Gasteiger partial charge in [0.25, 0.3) is 5.91 Å². The highest BCUT2D eigenvalue weighted by molar-refractivity contribution is 6.31. The number of amides is 1. The highest BCUT2D eigenvalue weighted by Gasteiger charge is 2.26. The Kier molecular flexibility index (Phi) is 5.98. The molecule has 0 aliphatic carbocycles. The third-order valence-corrected chi connectivity index (χ3v) is 4.32. The van der Waals surface area contributed by atoms with Crippen LogP contribution in [0.5, 0.6) is 0 Å². The number of aromatic nitrogens is 2. The first-order valence-corrected chi connectivity index (χ1v) is 8.09. The first-order valence-electron chi connectivity index (χ1n) is 7.72. The Morgan fingerprint density at radius 1 is 1.38 bits per heavy atom. The second-order valence-electron chi connectivity index (χ2n) is 5.69. The molecule has 1 amide bonds. The lowest BCUT2D eigenvalue weighted by molar-refractivity contribution is -0.140. The number of hydrogen-bond donors (Lipinski definition) is 2. The summed E-state index contributed by atoms with van der Waals surface area (Å²) in [6.45, 7) is 4.11. The summed E-state index contributed by atoms with van der Waals surface area (Å²) in [6.07, 6.45) is 3.65. The number of hydrogen-bond acceptors (Lipinski definition) is 3. The number of carbonyl (C=O) groups is 2. The molecule has 2 atom stereocenters. The number of aliphatic carboxylic acids is 1. The number of carboxylic acid groups (broad SMARTS) is 1. The quantitative estimate of drug-likeness (QED) is 0.805. The van der Waals surface area contributed by atoms with Crippen molar-refractivity contribution in [3.63, 3.8) is 0 Å². The molecular formula is C17H20ClN3O3. The SMILES string of the molecule is CCC(C)C(NC(=O)c1cnn(Cc2ccccc2Cl)c1)C(=O)O. The maximum absolute atomic E-state index is 12.3. The molecule has 0 aliphatic rings. The van der Waals surface area contributed by atoms with Crippen molar-refractivity contribution < 1.29 is 14.7 Å². The van der Waals surface area contributed by atoms with Crippen LogP contribution in [0.3, 0.4) is 0 Å². The number of nitrogens with one attached hydrogen (secondary N) is 1. The van der Waals surface area contributed by atoms with Gasteiger partial charge in [0.05, 0.1) is 18.3 Å². The molecule has 24 heavy (non-hydrogen) atoms. The molecule has 0 bridgehead atoms. The van der Waals surface area contributed by atoms with Crippen LogP contribution in [0, 0.1) is 5.92 Å². The second-order valence-corrected chi connectivity index (χ2v) is 6.10. The lowest BCUT2D eigenvalue weighted by Crippen LogP contribution is -2.44. The van der Waals surface area contributed by atoms with E-state index >= 15 is 0 Å². The summed E-state index contributed by atoms with van der Waals surface area (Å²) in [7, 11) is 0. The third kappa shape index (κ3) is 4.35. The van der Waals surface area contributed by atoms with Crippen molar-refractivity contribution in [2.75, 3.05) is 0 Å². The van der Waals surface area contributed by atoms with Gasteiger partial charge in [-0.25, -0.2) is 4.79 Å². The smallest absolute Gasteiger partial charge is 0.326 e. The van der Waals surface area contributed by atoms with Gasteiger partial charge in [-0.05, 0) is 17.5 Å². The van der Waals surface area contributed by atoms with E-state index in [0.29, 0.717) is 23.6 Å². The predicted molar refractivity (Wildman–Crippen MR) is 91.1 cm³/mol. The van der Waals surface area contributed by atoms with Crippen molar-refractivity contribution in [3.05, 3.63) is 52.8 Å². The van der Waals surface area contributed by atoms with Gasteiger partial charge in [-0.15, -0.1) is 0 Å². The zero-order chi connectivity index (χ0) is 17.7. The van der Waals surface area contributed by atoms with E-state index in [0.717, 1.165) is 5.56 Å². The molecule has 128 valence electrons. The molecule has 2 unspecified atom stereocenters. The van der Waals surface area contributed by atoms with Crippen LogP contribution in [0.15, 0.2) is 36.7 Å². The van der Waals surface area contributed by atoms with Gasteiger partial charge in [0, 0.05) is 11.2 Å². The molecule has 1 heterocycles. The third-order valence-electron chi connectivity index (χ3n) is 3.95. The van der Waals surface area contributed by atoms with Crippen molar-refractivity contribution in [1.29, 1.82) is 0 Å². The molecule has 0 saturated carbocycles. The van der Waals surface area contributed by atoms with Crippen LogP contribution in [-0.4, -0.2) is 32.8 Å². The average molecular weight is 350 g/mol. The van der Waals surface area contributed by atoms with Gasteiger partial charge in [0.15, 0.2) is 0 Å². The van der Waals surface area contributed by atoms with Gasteiger partial charge in [0.2, 0.25) is 0 Å². The Bertz CT molecular complexity index is 729. The summed E-state index contributed by atoms with van der Waals surface area (Å²) in [5, 5.41) is 16.6. The first-order chi connectivity index (χ1) is 11.4. The van der Waals surface area contributed by atoms with Crippen molar-refractivity contribution in [2.45, 2.75) is 32.9 Å². The molecule has 1 aromatic heterocycles. The van der Waals surface area contributed by atoms with E-state index < -0.39 is 17.9 Å². The Morgan fingerprint density at radius 3 is 2.71 bits per heavy atom. The van der Waals surface area contributed by atoms with Gasteiger partial charge in [-0.2, -0.15) is 5.10 Å². The number of rotatable bonds is 7.